The molecule has 3 rings (SSSR count). The topological polar surface area (TPSA) is 97.9 Å². The third-order valence-electron chi connectivity index (χ3n) is 4.62. The number of anilines is 1. The van der Waals surface area contributed by atoms with Crippen LogP contribution < -0.4 is 30.2 Å². The fraction of sp³-hybridized carbons (Fsp3) is 0.238. The number of benzene rings is 2. The van der Waals surface area contributed by atoms with E-state index in [1.807, 2.05) is 18.2 Å². The fourth-order valence-corrected chi connectivity index (χ4v) is 3.23. The smallest absolute Gasteiger partial charge is 0.319 e. The summed E-state index contributed by atoms with van der Waals surface area (Å²) in [6, 6.07) is 11.3. The number of carbonyl (C=O) groups is 2. The zero-order chi connectivity index (χ0) is 21.0. The number of nitrogens with one attached hydrogen (secondary N) is 3. The van der Waals surface area contributed by atoms with Gasteiger partial charge in [-0.1, -0.05) is 18.2 Å². The Morgan fingerprint density at radius 3 is 2.41 bits per heavy atom. The van der Waals surface area contributed by atoms with Crippen molar-refractivity contribution in [3.8, 4) is 17.2 Å². The van der Waals surface area contributed by atoms with E-state index in [1.165, 1.54) is 7.11 Å². The molecule has 152 valence electrons. The van der Waals surface area contributed by atoms with Crippen molar-refractivity contribution in [1.82, 2.24) is 10.6 Å². The molecular formula is C21H23N3O5. The molecule has 29 heavy (non-hydrogen) atoms. The van der Waals surface area contributed by atoms with E-state index in [1.54, 1.807) is 45.4 Å². The first kappa shape index (κ1) is 20.1. The summed E-state index contributed by atoms with van der Waals surface area (Å²) in [7, 11) is 4.60. The maximum absolute atomic E-state index is 13.2. The zero-order valence-corrected chi connectivity index (χ0v) is 16.7. The Labute approximate surface area is 168 Å². The van der Waals surface area contributed by atoms with Crippen LogP contribution >= 0.6 is 0 Å². The molecule has 1 atom stereocenters. The molecule has 0 saturated heterocycles. The van der Waals surface area contributed by atoms with Crippen LogP contribution in [-0.2, 0) is 4.79 Å². The summed E-state index contributed by atoms with van der Waals surface area (Å²) in [5.74, 6) is 1.23. The number of methoxy groups -OCH3 is 3. The highest BCUT2D eigenvalue weighted by Crippen LogP contribution is 2.35. The molecule has 3 N–H and O–H groups in total. The van der Waals surface area contributed by atoms with E-state index in [2.05, 4.69) is 16.0 Å². The molecule has 1 heterocycles. The largest absolute Gasteiger partial charge is 0.497 e. The van der Waals surface area contributed by atoms with Crippen LogP contribution in [0, 0.1) is 0 Å². The SMILES string of the molecule is COc1ccc(OC)c(NC(=O)C2=C(C)NC(=O)N[C@H]2c2ccccc2OC)c1. The first-order chi connectivity index (χ1) is 14.0. The van der Waals surface area contributed by atoms with Gasteiger partial charge in [0, 0.05) is 17.3 Å². The molecule has 1 aliphatic heterocycles. The summed E-state index contributed by atoms with van der Waals surface area (Å²) in [5.41, 5.74) is 1.93. The van der Waals surface area contributed by atoms with Gasteiger partial charge >= 0.3 is 6.03 Å². The van der Waals surface area contributed by atoms with E-state index < -0.39 is 18.0 Å². The monoisotopic (exact) mass is 397 g/mol. The highest BCUT2D eigenvalue weighted by atomic mass is 16.5. The van der Waals surface area contributed by atoms with Gasteiger partial charge in [0.1, 0.15) is 17.2 Å². The summed E-state index contributed by atoms with van der Waals surface area (Å²) in [6.45, 7) is 1.68. The molecule has 0 bridgehead atoms. The van der Waals surface area contributed by atoms with Gasteiger partial charge in [-0.05, 0) is 25.1 Å². The molecular weight excluding hydrogens is 374 g/mol. The van der Waals surface area contributed by atoms with Gasteiger partial charge in [0.25, 0.3) is 5.91 Å². The van der Waals surface area contributed by atoms with E-state index >= 15 is 0 Å². The lowest BCUT2D eigenvalue weighted by molar-refractivity contribution is -0.113. The summed E-state index contributed by atoms with van der Waals surface area (Å²) in [6.07, 6.45) is 0. The molecule has 3 amide bonds. The summed E-state index contributed by atoms with van der Waals surface area (Å²) in [4.78, 5) is 25.3. The Morgan fingerprint density at radius 1 is 1.00 bits per heavy atom. The van der Waals surface area contributed by atoms with Crippen LogP contribution in [0.5, 0.6) is 17.2 Å². The number of allylic oxidation sites excluding steroid dienone is 1. The van der Waals surface area contributed by atoms with Crippen molar-refractivity contribution >= 4 is 17.6 Å². The molecule has 2 aromatic carbocycles. The van der Waals surface area contributed by atoms with Crippen molar-refractivity contribution in [2.75, 3.05) is 26.6 Å². The summed E-state index contributed by atoms with van der Waals surface area (Å²) < 4.78 is 16.0. The van der Waals surface area contributed by atoms with Gasteiger partial charge in [-0.15, -0.1) is 0 Å². The van der Waals surface area contributed by atoms with E-state index in [0.29, 0.717) is 39.8 Å². The minimum atomic E-state index is -0.684. The molecule has 0 unspecified atom stereocenters. The number of para-hydroxylation sites is 1. The quantitative estimate of drug-likeness (QED) is 0.696. The van der Waals surface area contributed by atoms with Gasteiger partial charge in [-0.3, -0.25) is 4.79 Å². The molecule has 0 spiro atoms. The Kier molecular flexibility index (Phi) is 5.92. The molecule has 0 radical (unpaired) electrons. The second kappa shape index (κ2) is 8.55. The van der Waals surface area contributed by atoms with Gasteiger partial charge < -0.3 is 30.2 Å². The van der Waals surface area contributed by atoms with Crippen LogP contribution in [-0.4, -0.2) is 33.3 Å². The molecule has 0 aliphatic carbocycles. The first-order valence-electron chi connectivity index (χ1n) is 8.93. The van der Waals surface area contributed by atoms with Gasteiger partial charge in [-0.25, -0.2) is 4.79 Å². The van der Waals surface area contributed by atoms with Crippen molar-refractivity contribution in [2.45, 2.75) is 13.0 Å². The van der Waals surface area contributed by atoms with Crippen LogP contribution in [0.15, 0.2) is 53.7 Å². The molecule has 8 nitrogen and oxygen atoms in total. The van der Waals surface area contributed by atoms with E-state index in [9.17, 15) is 9.59 Å². The van der Waals surface area contributed by atoms with E-state index in [-0.39, 0.29) is 0 Å². The minimum Gasteiger partial charge on any atom is -0.497 e. The number of hydrogen-bond acceptors (Lipinski definition) is 5. The van der Waals surface area contributed by atoms with Crippen LogP contribution in [0.4, 0.5) is 10.5 Å². The van der Waals surface area contributed by atoms with Crippen molar-refractivity contribution in [1.29, 1.82) is 0 Å². The average Bonchev–Trinajstić information content (AvgIpc) is 2.72. The summed E-state index contributed by atoms with van der Waals surface area (Å²) >= 11 is 0. The Hall–Kier alpha value is -3.68. The average molecular weight is 397 g/mol. The highest BCUT2D eigenvalue weighted by molar-refractivity contribution is 6.07. The lowest BCUT2D eigenvalue weighted by Crippen LogP contribution is -2.46. The van der Waals surface area contributed by atoms with Crippen LogP contribution in [0.25, 0.3) is 0 Å². The van der Waals surface area contributed by atoms with Crippen LogP contribution in [0.1, 0.15) is 18.5 Å². The van der Waals surface area contributed by atoms with Crippen LogP contribution in [0.3, 0.4) is 0 Å². The second-order valence-electron chi connectivity index (χ2n) is 6.33. The minimum absolute atomic E-state index is 0.360. The fourth-order valence-electron chi connectivity index (χ4n) is 3.23. The van der Waals surface area contributed by atoms with Crippen molar-refractivity contribution in [3.05, 3.63) is 59.3 Å². The third-order valence-corrected chi connectivity index (χ3v) is 4.62. The number of urea groups is 1. The molecule has 8 heteroatoms. The van der Waals surface area contributed by atoms with Gasteiger partial charge in [-0.2, -0.15) is 0 Å². The van der Waals surface area contributed by atoms with E-state index in [4.69, 9.17) is 14.2 Å². The molecule has 0 saturated carbocycles. The number of carbonyl (C=O) groups excluding carboxylic acids is 2. The standard InChI is InChI=1S/C21H23N3O5/c1-12-18(20(25)23-15-11-13(27-2)9-10-17(15)29-4)19(24-21(26)22-12)14-7-5-6-8-16(14)28-3/h5-11,19H,1-4H3,(H,23,25)(H2,22,24,26)/t19-/m0/s1. The number of amides is 3. The predicted octanol–water partition coefficient (Wildman–Crippen LogP) is 2.98. The van der Waals surface area contributed by atoms with Gasteiger partial charge in [0.15, 0.2) is 0 Å². The Morgan fingerprint density at radius 2 is 1.72 bits per heavy atom. The zero-order valence-electron chi connectivity index (χ0n) is 16.7. The maximum atomic E-state index is 13.2. The maximum Gasteiger partial charge on any atom is 0.319 e. The van der Waals surface area contributed by atoms with Crippen molar-refractivity contribution in [2.24, 2.45) is 0 Å². The lowest BCUT2D eigenvalue weighted by Gasteiger charge is -2.29. The molecule has 2 aromatic rings. The first-order valence-corrected chi connectivity index (χ1v) is 8.93. The van der Waals surface area contributed by atoms with Crippen LogP contribution in [0.2, 0.25) is 0 Å². The van der Waals surface area contributed by atoms with E-state index in [0.717, 1.165) is 0 Å². The van der Waals surface area contributed by atoms with Gasteiger partial charge in [0.05, 0.1) is 38.6 Å². The second-order valence-corrected chi connectivity index (χ2v) is 6.33. The van der Waals surface area contributed by atoms with Crippen molar-refractivity contribution in [3.63, 3.8) is 0 Å². The van der Waals surface area contributed by atoms with Gasteiger partial charge in [0.2, 0.25) is 0 Å². The third kappa shape index (κ3) is 4.11. The Balaban J connectivity index is 2.01. The number of ether oxygens (including phenoxy) is 3. The van der Waals surface area contributed by atoms with Crippen molar-refractivity contribution < 1.29 is 23.8 Å². The normalized spacial score (nSPS) is 15.9. The molecule has 1 aliphatic rings. The highest BCUT2D eigenvalue weighted by Gasteiger charge is 2.33. The lowest BCUT2D eigenvalue weighted by atomic mass is 9.94. The number of rotatable bonds is 6. The predicted molar refractivity (Wildman–Crippen MR) is 108 cm³/mol. The molecule has 0 fully saturated rings. The Bertz CT molecular complexity index is 971. The molecule has 0 aromatic heterocycles. The summed E-state index contributed by atoms with van der Waals surface area (Å²) in [5, 5.41) is 8.31. The number of hydrogen-bond donors (Lipinski definition) is 3.